The summed E-state index contributed by atoms with van der Waals surface area (Å²) < 4.78 is 5.67. The van der Waals surface area contributed by atoms with Gasteiger partial charge in [0.15, 0.2) is 0 Å². The standard InChI is InChI=1S/C27H23N3O3S/c1-16-10-11-19(14-23(16)28-15-20-12-13-24(34-20)27(31)32)25-29-26(33-30-25)17(2)21-9-5-7-18-6-3-4-8-22(18)21/h3-14,17,28H,15H2,1-2H3,(H,31,32). The van der Waals surface area contributed by atoms with Crippen molar-refractivity contribution >= 4 is 33.8 Å². The van der Waals surface area contributed by atoms with Crippen LogP contribution in [0.3, 0.4) is 0 Å². The Balaban J connectivity index is 1.37. The summed E-state index contributed by atoms with van der Waals surface area (Å²) >= 11 is 1.27. The maximum atomic E-state index is 11.1. The van der Waals surface area contributed by atoms with Crippen molar-refractivity contribution in [3.8, 4) is 11.4 Å². The van der Waals surface area contributed by atoms with Gasteiger partial charge in [0.1, 0.15) is 4.88 Å². The SMILES string of the molecule is Cc1ccc(-c2noc(C(C)c3cccc4ccccc34)n2)cc1NCc1ccc(C(=O)O)s1. The number of benzene rings is 3. The first-order chi connectivity index (χ1) is 16.5. The smallest absolute Gasteiger partial charge is 0.345 e. The molecule has 7 heteroatoms. The van der Waals surface area contributed by atoms with Gasteiger partial charge in [-0.3, -0.25) is 0 Å². The van der Waals surface area contributed by atoms with Gasteiger partial charge in [-0.25, -0.2) is 4.79 Å². The lowest BCUT2D eigenvalue weighted by Crippen LogP contribution is -2.00. The fraction of sp³-hybridized carbons (Fsp3) is 0.148. The van der Waals surface area contributed by atoms with Crippen molar-refractivity contribution in [1.29, 1.82) is 0 Å². The Morgan fingerprint density at radius 3 is 2.74 bits per heavy atom. The van der Waals surface area contributed by atoms with Gasteiger partial charge in [-0.15, -0.1) is 11.3 Å². The van der Waals surface area contributed by atoms with Gasteiger partial charge >= 0.3 is 5.97 Å². The molecule has 3 aromatic carbocycles. The van der Waals surface area contributed by atoms with E-state index in [0.717, 1.165) is 27.3 Å². The molecular weight excluding hydrogens is 446 g/mol. The zero-order valence-corrected chi connectivity index (χ0v) is 19.6. The highest BCUT2D eigenvalue weighted by atomic mass is 32.1. The molecule has 0 fully saturated rings. The van der Waals surface area contributed by atoms with Crippen LogP contribution < -0.4 is 5.32 Å². The Morgan fingerprint density at radius 1 is 1.09 bits per heavy atom. The van der Waals surface area contributed by atoms with Crippen molar-refractivity contribution in [3.63, 3.8) is 0 Å². The van der Waals surface area contributed by atoms with Crippen molar-refractivity contribution < 1.29 is 14.4 Å². The van der Waals surface area contributed by atoms with Crippen LogP contribution in [0.1, 0.15) is 44.4 Å². The minimum Gasteiger partial charge on any atom is -0.477 e. The zero-order valence-electron chi connectivity index (χ0n) is 18.8. The predicted molar refractivity (Wildman–Crippen MR) is 135 cm³/mol. The number of anilines is 1. The topological polar surface area (TPSA) is 88.3 Å². The Morgan fingerprint density at radius 2 is 1.91 bits per heavy atom. The van der Waals surface area contributed by atoms with Crippen LogP contribution in [-0.4, -0.2) is 21.2 Å². The van der Waals surface area contributed by atoms with Crippen molar-refractivity contribution in [3.05, 3.63) is 99.6 Å². The number of thiophene rings is 1. The summed E-state index contributed by atoms with van der Waals surface area (Å²) in [6.45, 7) is 4.64. The summed E-state index contributed by atoms with van der Waals surface area (Å²) in [6, 6.07) is 24.0. The number of nitrogens with zero attached hydrogens (tertiary/aromatic N) is 2. The molecule has 0 aliphatic rings. The monoisotopic (exact) mass is 469 g/mol. The van der Waals surface area contributed by atoms with Crippen molar-refractivity contribution in [1.82, 2.24) is 10.1 Å². The molecule has 0 saturated carbocycles. The molecule has 0 amide bonds. The first-order valence-electron chi connectivity index (χ1n) is 11.0. The Kier molecular flexibility index (Phi) is 5.86. The second-order valence-electron chi connectivity index (χ2n) is 8.20. The van der Waals surface area contributed by atoms with E-state index in [2.05, 4.69) is 47.7 Å². The molecule has 5 aromatic rings. The number of hydrogen-bond acceptors (Lipinski definition) is 6. The molecule has 6 nitrogen and oxygen atoms in total. The summed E-state index contributed by atoms with van der Waals surface area (Å²) in [5, 5.41) is 19.1. The number of nitrogens with one attached hydrogen (secondary N) is 1. The maximum Gasteiger partial charge on any atom is 0.345 e. The largest absolute Gasteiger partial charge is 0.477 e. The third kappa shape index (κ3) is 4.30. The number of aryl methyl sites for hydroxylation is 1. The lowest BCUT2D eigenvalue weighted by Gasteiger charge is -2.11. The highest BCUT2D eigenvalue weighted by Crippen LogP contribution is 2.31. The van der Waals surface area contributed by atoms with E-state index in [1.54, 1.807) is 6.07 Å². The second kappa shape index (κ2) is 9.11. The van der Waals surface area contributed by atoms with E-state index >= 15 is 0 Å². The predicted octanol–water partition coefficient (Wildman–Crippen LogP) is 6.72. The Labute approximate surface area is 200 Å². The van der Waals surface area contributed by atoms with Gasteiger partial charge in [0.05, 0.1) is 5.92 Å². The molecule has 1 unspecified atom stereocenters. The molecular formula is C27H23N3O3S. The molecule has 0 saturated heterocycles. The molecule has 0 radical (unpaired) electrons. The number of carboxylic acids is 1. The average molecular weight is 470 g/mol. The van der Waals surface area contributed by atoms with E-state index in [9.17, 15) is 4.79 Å². The molecule has 34 heavy (non-hydrogen) atoms. The van der Waals surface area contributed by atoms with Gasteiger partial charge in [0.25, 0.3) is 0 Å². The van der Waals surface area contributed by atoms with Crippen LogP contribution in [0.2, 0.25) is 0 Å². The molecule has 0 aliphatic carbocycles. The summed E-state index contributed by atoms with van der Waals surface area (Å²) in [5.74, 6) is 0.161. The molecule has 0 aliphatic heterocycles. The van der Waals surface area contributed by atoms with E-state index < -0.39 is 5.97 Å². The van der Waals surface area contributed by atoms with Gasteiger partial charge in [0, 0.05) is 22.7 Å². The molecule has 5 rings (SSSR count). The van der Waals surface area contributed by atoms with Crippen LogP contribution in [0.15, 0.2) is 77.3 Å². The molecule has 170 valence electrons. The molecule has 2 N–H and O–H groups in total. The first kappa shape index (κ1) is 21.9. The van der Waals surface area contributed by atoms with Gasteiger partial charge in [-0.05, 0) is 53.9 Å². The number of carbonyl (C=O) groups is 1. The number of aromatic nitrogens is 2. The number of carboxylic acid groups (broad SMARTS) is 1. The van der Waals surface area contributed by atoms with Gasteiger partial charge in [0.2, 0.25) is 11.7 Å². The average Bonchev–Trinajstić information content (AvgIpc) is 3.53. The van der Waals surface area contributed by atoms with Crippen LogP contribution in [0.4, 0.5) is 5.69 Å². The molecule has 2 heterocycles. The summed E-state index contributed by atoms with van der Waals surface area (Å²) in [5.41, 5.74) is 4.02. The Hall–Kier alpha value is -3.97. The fourth-order valence-corrected chi connectivity index (χ4v) is 4.80. The lowest BCUT2D eigenvalue weighted by molar-refractivity contribution is 0.0702. The van der Waals surface area contributed by atoms with Gasteiger partial charge in [-0.1, -0.05) is 59.8 Å². The minimum absolute atomic E-state index is 0.0438. The molecule has 2 aromatic heterocycles. The van der Waals surface area contributed by atoms with E-state index in [1.165, 1.54) is 22.1 Å². The third-order valence-electron chi connectivity index (χ3n) is 5.92. The van der Waals surface area contributed by atoms with E-state index in [-0.39, 0.29) is 5.92 Å². The van der Waals surface area contributed by atoms with Crippen LogP contribution in [0.25, 0.3) is 22.2 Å². The highest BCUT2D eigenvalue weighted by molar-refractivity contribution is 7.13. The summed E-state index contributed by atoms with van der Waals surface area (Å²) in [7, 11) is 0. The van der Waals surface area contributed by atoms with Crippen molar-refractivity contribution in [2.24, 2.45) is 0 Å². The van der Waals surface area contributed by atoms with Crippen molar-refractivity contribution in [2.75, 3.05) is 5.32 Å². The fourth-order valence-electron chi connectivity index (χ4n) is 4.01. The number of rotatable bonds is 7. The van der Waals surface area contributed by atoms with E-state index in [1.807, 2.05) is 43.3 Å². The molecule has 0 bridgehead atoms. The second-order valence-corrected chi connectivity index (χ2v) is 9.37. The minimum atomic E-state index is -0.903. The normalized spacial score (nSPS) is 12.1. The summed E-state index contributed by atoms with van der Waals surface area (Å²) in [6.07, 6.45) is 0. The van der Waals surface area contributed by atoms with Gasteiger partial charge in [-0.2, -0.15) is 4.98 Å². The van der Waals surface area contributed by atoms with Gasteiger partial charge < -0.3 is 14.9 Å². The highest BCUT2D eigenvalue weighted by Gasteiger charge is 2.19. The lowest BCUT2D eigenvalue weighted by atomic mass is 9.95. The van der Waals surface area contributed by atoms with Crippen molar-refractivity contribution in [2.45, 2.75) is 26.3 Å². The van der Waals surface area contributed by atoms with Crippen LogP contribution in [0, 0.1) is 6.92 Å². The van der Waals surface area contributed by atoms with Crippen LogP contribution >= 0.6 is 11.3 Å². The van der Waals surface area contributed by atoms with Crippen LogP contribution in [0.5, 0.6) is 0 Å². The third-order valence-corrected chi connectivity index (χ3v) is 7.00. The number of hydrogen-bond donors (Lipinski definition) is 2. The van der Waals surface area contributed by atoms with E-state index in [0.29, 0.717) is 23.1 Å². The summed E-state index contributed by atoms with van der Waals surface area (Å²) in [4.78, 5) is 17.1. The molecule has 1 atom stereocenters. The van der Waals surface area contributed by atoms with Crippen LogP contribution in [-0.2, 0) is 6.54 Å². The van der Waals surface area contributed by atoms with E-state index in [4.69, 9.17) is 14.6 Å². The molecule has 0 spiro atoms. The first-order valence-corrected chi connectivity index (χ1v) is 11.8. The maximum absolute atomic E-state index is 11.1. The Bertz CT molecular complexity index is 1480. The number of aromatic carboxylic acids is 1. The zero-order chi connectivity index (χ0) is 23.7. The quantitative estimate of drug-likeness (QED) is 0.275. The number of fused-ring (bicyclic) bond motifs is 1.